The van der Waals surface area contributed by atoms with Crippen molar-refractivity contribution >= 4 is 17.3 Å². The highest BCUT2D eigenvalue weighted by molar-refractivity contribution is 7.09. The van der Waals surface area contributed by atoms with E-state index in [-0.39, 0.29) is 0 Å². The van der Waals surface area contributed by atoms with Crippen molar-refractivity contribution in [3.8, 4) is 0 Å². The number of benzene rings is 1. The lowest BCUT2D eigenvalue weighted by molar-refractivity contribution is 0.185. The predicted octanol–water partition coefficient (Wildman–Crippen LogP) is 3.19. The topological polar surface area (TPSA) is 45.7 Å². The van der Waals surface area contributed by atoms with E-state index >= 15 is 0 Å². The van der Waals surface area contributed by atoms with Crippen molar-refractivity contribution in [2.24, 2.45) is 4.99 Å². The van der Waals surface area contributed by atoms with Crippen LogP contribution in [0.2, 0.25) is 0 Å². The van der Waals surface area contributed by atoms with Gasteiger partial charge in [-0.2, -0.15) is 0 Å². The fraction of sp³-hybridized carbons (Fsp3) is 0.389. The first kappa shape index (κ1) is 17.5. The molecular formula is C18H25N3OS. The Bertz CT molecular complexity index is 596. The molecule has 2 rings (SSSR count). The standard InChI is InChI=1S/C18H25N3OS/c1-3-19-18(20-10-9-17-8-5-11-23-17)21-13-15-6-4-7-16(12-15)14-22-2/h4-8,11-12H,3,9-10,13-14H2,1-2H3,(H2,19,20,21). The molecular weight excluding hydrogens is 306 g/mol. The molecule has 124 valence electrons. The minimum Gasteiger partial charge on any atom is -0.380 e. The van der Waals surface area contributed by atoms with Crippen LogP contribution in [0.4, 0.5) is 0 Å². The summed E-state index contributed by atoms with van der Waals surface area (Å²) in [5.41, 5.74) is 2.37. The molecule has 23 heavy (non-hydrogen) atoms. The normalized spacial score (nSPS) is 11.5. The molecule has 0 fully saturated rings. The summed E-state index contributed by atoms with van der Waals surface area (Å²) in [6, 6.07) is 12.6. The van der Waals surface area contributed by atoms with Gasteiger partial charge in [0.2, 0.25) is 0 Å². The maximum atomic E-state index is 5.18. The third kappa shape index (κ3) is 6.42. The molecule has 5 heteroatoms. The Labute approximate surface area is 142 Å². The third-order valence-corrected chi connectivity index (χ3v) is 4.25. The van der Waals surface area contributed by atoms with Crippen molar-refractivity contribution in [1.29, 1.82) is 0 Å². The lowest BCUT2D eigenvalue weighted by Crippen LogP contribution is -2.38. The van der Waals surface area contributed by atoms with Crippen molar-refractivity contribution in [2.75, 3.05) is 20.2 Å². The number of nitrogens with zero attached hydrogens (tertiary/aromatic N) is 1. The number of hydrogen-bond donors (Lipinski definition) is 2. The molecule has 0 spiro atoms. The Morgan fingerprint density at radius 3 is 2.78 bits per heavy atom. The maximum Gasteiger partial charge on any atom is 0.191 e. The van der Waals surface area contributed by atoms with Crippen LogP contribution in [0.3, 0.4) is 0 Å². The summed E-state index contributed by atoms with van der Waals surface area (Å²) < 4.78 is 5.18. The van der Waals surface area contributed by atoms with Gasteiger partial charge in [-0.15, -0.1) is 11.3 Å². The number of guanidine groups is 1. The Kier molecular flexibility index (Phi) is 7.63. The highest BCUT2D eigenvalue weighted by Crippen LogP contribution is 2.09. The van der Waals surface area contributed by atoms with Crippen LogP contribution in [0.15, 0.2) is 46.8 Å². The van der Waals surface area contributed by atoms with Crippen LogP contribution in [-0.4, -0.2) is 26.2 Å². The molecule has 0 bridgehead atoms. The van der Waals surface area contributed by atoms with Gasteiger partial charge < -0.3 is 15.4 Å². The predicted molar refractivity (Wildman–Crippen MR) is 98.0 cm³/mol. The summed E-state index contributed by atoms with van der Waals surface area (Å²) >= 11 is 1.79. The Morgan fingerprint density at radius 2 is 2.04 bits per heavy atom. The van der Waals surface area contributed by atoms with Crippen LogP contribution in [0.5, 0.6) is 0 Å². The average Bonchev–Trinajstić information content (AvgIpc) is 3.07. The quantitative estimate of drug-likeness (QED) is 0.577. The summed E-state index contributed by atoms with van der Waals surface area (Å²) in [5.74, 6) is 0.862. The third-order valence-electron chi connectivity index (χ3n) is 3.31. The minimum absolute atomic E-state index is 0.636. The second-order valence-electron chi connectivity index (χ2n) is 5.20. The Hall–Kier alpha value is -1.85. The van der Waals surface area contributed by atoms with E-state index in [1.807, 2.05) is 0 Å². The molecule has 4 nitrogen and oxygen atoms in total. The fourth-order valence-electron chi connectivity index (χ4n) is 2.26. The van der Waals surface area contributed by atoms with Gasteiger partial charge in [-0.3, -0.25) is 0 Å². The van der Waals surface area contributed by atoms with Gasteiger partial charge in [-0.1, -0.05) is 30.3 Å². The van der Waals surface area contributed by atoms with E-state index in [2.05, 4.69) is 64.3 Å². The molecule has 1 aromatic carbocycles. The average molecular weight is 331 g/mol. The highest BCUT2D eigenvalue weighted by atomic mass is 32.1. The van der Waals surface area contributed by atoms with Crippen molar-refractivity contribution in [3.05, 3.63) is 57.8 Å². The maximum absolute atomic E-state index is 5.18. The molecule has 1 heterocycles. The minimum atomic E-state index is 0.636. The summed E-state index contributed by atoms with van der Waals surface area (Å²) in [4.78, 5) is 6.05. The molecule has 0 saturated heterocycles. The van der Waals surface area contributed by atoms with E-state index in [1.54, 1.807) is 18.4 Å². The van der Waals surface area contributed by atoms with Gasteiger partial charge in [-0.05, 0) is 35.9 Å². The van der Waals surface area contributed by atoms with Gasteiger partial charge in [0, 0.05) is 25.1 Å². The smallest absolute Gasteiger partial charge is 0.191 e. The number of aliphatic imine (C=N–C) groups is 1. The van der Waals surface area contributed by atoms with Crippen LogP contribution in [0.25, 0.3) is 0 Å². The largest absolute Gasteiger partial charge is 0.380 e. The zero-order valence-electron chi connectivity index (χ0n) is 13.8. The molecule has 0 unspecified atom stereocenters. The van der Waals surface area contributed by atoms with Crippen molar-refractivity contribution < 1.29 is 4.74 Å². The molecule has 0 aliphatic rings. The summed E-state index contributed by atoms with van der Waals surface area (Å²) in [5, 5.41) is 8.79. The zero-order chi connectivity index (χ0) is 16.3. The van der Waals surface area contributed by atoms with Crippen LogP contribution in [0, 0.1) is 0 Å². The van der Waals surface area contributed by atoms with Gasteiger partial charge in [0.05, 0.1) is 13.2 Å². The van der Waals surface area contributed by atoms with E-state index in [9.17, 15) is 0 Å². The lowest BCUT2D eigenvalue weighted by atomic mass is 10.1. The monoisotopic (exact) mass is 331 g/mol. The zero-order valence-corrected chi connectivity index (χ0v) is 14.7. The molecule has 2 N–H and O–H groups in total. The van der Waals surface area contributed by atoms with Gasteiger partial charge in [-0.25, -0.2) is 4.99 Å². The Balaban J connectivity index is 1.88. The van der Waals surface area contributed by atoms with E-state index in [1.165, 1.54) is 16.0 Å². The van der Waals surface area contributed by atoms with Crippen molar-refractivity contribution in [2.45, 2.75) is 26.5 Å². The molecule has 0 saturated carbocycles. The first-order chi connectivity index (χ1) is 11.3. The summed E-state index contributed by atoms with van der Waals surface area (Å²) in [6.07, 6.45) is 1.02. The molecule has 0 atom stereocenters. The van der Waals surface area contributed by atoms with Crippen molar-refractivity contribution in [1.82, 2.24) is 10.6 Å². The first-order valence-corrected chi connectivity index (χ1v) is 8.81. The van der Waals surface area contributed by atoms with E-state index in [0.717, 1.165) is 25.5 Å². The van der Waals surface area contributed by atoms with Crippen LogP contribution >= 0.6 is 11.3 Å². The van der Waals surface area contributed by atoms with Crippen LogP contribution in [0.1, 0.15) is 22.9 Å². The fourth-order valence-corrected chi connectivity index (χ4v) is 2.96. The molecule has 0 amide bonds. The van der Waals surface area contributed by atoms with Gasteiger partial charge in [0.25, 0.3) is 0 Å². The first-order valence-electron chi connectivity index (χ1n) is 7.93. The molecule has 0 radical (unpaired) electrons. The highest BCUT2D eigenvalue weighted by Gasteiger charge is 2.00. The number of nitrogens with one attached hydrogen (secondary N) is 2. The second kappa shape index (κ2) is 10.0. The molecule has 0 aliphatic heterocycles. The molecule has 0 aliphatic carbocycles. The van der Waals surface area contributed by atoms with Crippen molar-refractivity contribution in [3.63, 3.8) is 0 Å². The van der Waals surface area contributed by atoms with E-state index in [4.69, 9.17) is 4.74 Å². The van der Waals surface area contributed by atoms with Gasteiger partial charge in [0.15, 0.2) is 5.96 Å². The number of methoxy groups -OCH3 is 1. The van der Waals surface area contributed by atoms with Crippen LogP contribution in [-0.2, 0) is 24.3 Å². The summed E-state index contributed by atoms with van der Waals surface area (Å²) in [6.45, 7) is 5.11. The number of rotatable bonds is 8. The molecule has 1 aromatic heterocycles. The number of ether oxygens (including phenoxy) is 1. The lowest BCUT2D eigenvalue weighted by Gasteiger charge is -2.11. The SMILES string of the molecule is CCNC(=NCc1cccc(COC)c1)NCCc1cccs1. The summed E-state index contributed by atoms with van der Waals surface area (Å²) in [7, 11) is 1.71. The van der Waals surface area contributed by atoms with Gasteiger partial charge >= 0.3 is 0 Å². The number of hydrogen-bond acceptors (Lipinski definition) is 3. The second-order valence-corrected chi connectivity index (χ2v) is 6.24. The van der Waals surface area contributed by atoms with Gasteiger partial charge in [0.1, 0.15) is 0 Å². The van der Waals surface area contributed by atoms with E-state index in [0.29, 0.717) is 13.2 Å². The van der Waals surface area contributed by atoms with Crippen LogP contribution < -0.4 is 10.6 Å². The number of thiophene rings is 1. The Morgan fingerprint density at radius 1 is 1.17 bits per heavy atom. The van der Waals surface area contributed by atoms with E-state index < -0.39 is 0 Å². The molecule has 2 aromatic rings.